The Bertz CT molecular complexity index is 325. The molecule has 3 heteroatoms. The summed E-state index contributed by atoms with van der Waals surface area (Å²) in [4.78, 5) is 21.8. The zero-order valence-electron chi connectivity index (χ0n) is 17.7. The number of ether oxygens (including phenoxy) is 1. The first-order valence-corrected chi connectivity index (χ1v) is 11.4. The number of rotatable bonds is 19. The molecule has 0 aromatic rings. The van der Waals surface area contributed by atoms with Crippen LogP contribution >= 0.6 is 0 Å². The Labute approximate surface area is 162 Å². The van der Waals surface area contributed by atoms with Gasteiger partial charge in [0.15, 0.2) is 0 Å². The molecule has 26 heavy (non-hydrogen) atoms. The van der Waals surface area contributed by atoms with Crippen molar-refractivity contribution in [3.05, 3.63) is 0 Å². The SMILES string of the molecule is CCCCCCCCCCCCCCCCCCCCC(=O)OC(C)=O. The second-order valence-corrected chi connectivity index (χ2v) is 7.73. The van der Waals surface area contributed by atoms with Crippen molar-refractivity contribution in [1.82, 2.24) is 0 Å². The quantitative estimate of drug-likeness (QED) is 0.135. The minimum absolute atomic E-state index is 0.373. The van der Waals surface area contributed by atoms with Gasteiger partial charge in [-0.1, -0.05) is 116 Å². The molecule has 0 saturated heterocycles. The Morgan fingerprint density at radius 3 is 1.15 bits per heavy atom. The van der Waals surface area contributed by atoms with Crippen LogP contribution in [0.1, 0.15) is 136 Å². The molecular formula is C23H44O3. The van der Waals surface area contributed by atoms with Gasteiger partial charge in [-0.05, 0) is 6.42 Å². The van der Waals surface area contributed by atoms with Gasteiger partial charge in [0.1, 0.15) is 0 Å². The van der Waals surface area contributed by atoms with Crippen molar-refractivity contribution in [3.63, 3.8) is 0 Å². The number of hydrogen-bond donors (Lipinski definition) is 0. The molecule has 0 saturated carbocycles. The van der Waals surface area contributed by atoms with Crippen molar-refractivity contribution < 1.29 is 14.3 Å². The van der Waals surface area contributed by atoms with Gasteiger partial charge in [0.2, 0.25) is 0 Å². The fourth-order valence-corrected chi connectivity index (χ4v) is 3.38. The lowest BCUT2D eigenvalue weighted by Crippen LogP contribution is -2.08. The third-order valence-corrected chi connectivity index (χ3v) is 4.99. The van der Waals surface area contributed by atoms with Crippen molar-refractivity contribution in [2.24, 2.45) is 0 Å². The molecule has 0 aliphatic rings. The molecule has 0 unspecified atom stereocenters. The summed E-state index contributed by atoms with van der Waals surface area (Å²) < 4.78 is 4.51. The summed E-state index contributed by atoms with van der Waals surface area (Å²) in [6.07, 6.45) is 24.4. The normalized spacial score (nSPS) is 10.8. The Balaban J connectivity index is 3.07. The minimum atomic E-state index is -0.502. The molecule has 0 bridgehead atoms. The summed E-state index contributed by atoms with van der Waals surface area (Å²) in [5.41, 5.74) is 0. The number of carbonyl (C=O) groups is 2. The lowest BCUT2D eigenvalue weighted by molar-refractivity contribution is -0.158. The summed E-state index contributed by atoms with van der Waals surface area (Å²) in [6.45, 7) is 3.55. The molecular weight excluding hydrogens is 324 g/mol. The molecule has 0 heterocycles. The van der Waals surface area contributed by atoms with Crippen molar-refractivity contribution in [1.29, 1.82) is 0 Å². The smallest absolute Gasteiger partial charge is 0.313 e. The highest BCUT2D eigenvalue weighted by atomic mass is 16.6. The van der Waals surface area contributed by atoms with Gasteiger partial charge in [0, 0.05) is 13.3 Å². The van der Waals surface area contributed by atoms with E-state index in [1.54, 1.807) is 0 Å². The van der Waals surface area contributed by atoms with Gasteiger partial charge in [-0.15, -0.1) is 0 Å². The predicted octanol–water partition coefficient (Wildman–Crippen LogP) is 7.51. The first-order chi connectivity index (χ1) is 12.7. The van der Waals surface area contributed by atoms with E-state index in [9.17, 15) is 9.59 Å². The fourth-order valence-electron chi connectivity index (χ4n) is 3.38. The molecule has 0 spiro atoms. The van der Waals surface area contributed by atoms with Crippen LogP contribution in [0.25, 0.3) is 0 Å². The summed E-state index contributed by atoms with van der Waals surface area (Å²) in [6, 6.07) is 0. The van der Waals surface area contributed by atoms with Gasteiger partial charge in [-0.25, -0.2) is 0 Å². The van der Waals surface area contributed by atoms with E-state index in [2.05, 4.69) is 11.7 Å². The number of esters is 2. The Kier molecular flexibility index (Phi) is 19.8. The third-order valence-electron chi connectivity index (χ3n) is 4.99. The van der Waals surface area contributed by atoms with Gasteiger partial charge in [0.25, 0.3) is 0 Å². The summed E-state index contributed by atoms with van der Waals surface area (Å²) in [5, 5.41) is 0. The van der Waals surface area contributed by atoms with E-state index in [1.165, 1.54) is 110 Å². The van der Waals surface area contributed by atoms with E-state index >= 15 is 0 Å². The largest absolute Gasteiger partial charge is 0.393 e. The molecule has 0 fully saturated rings. The number of unbranched alkanes of at least 4 members (excludes halogenated alkanes) is 17. The van der Waals surface area contributed by atoms with E-state index in [0.717, 1.165) is 12.8 Å². The molecule has 0 radical (unpaired) electrons. The number of hydrogen-bond acceptors (Lipinski definition) is 3. The third kappa shape index (κ3) is 21.2. The topological polar surface area (TPSA) is 43.4 Å². The highest BCUT2D eigenvalue weighted by Gasteiger charge is 2.04. The molecule has 0 amide bonds. The first-order valence-electron chi connectivity index (χ1n) is 11.4. The van der Waals surface area contributed by atoms with Gasteiger partial charge >= 0.3 is 11.9 Å². The average Bonchev–Trinajstić information content (AvgIpc) is 2.60. The van der Waals surface area contributed by atoms with Crippen LogP contribution < -0.4 is 0 Å². The predicted molar refractivity (Wildman–Crippen MR) is 110 cm³/mol. The lowest BCUT2D eigenvalue weighted by Gasteiger charge is -2.04. The minimum Gasteiger partial charge on any atom is -0.393 e. The summed E-state index contributed by atoms with van der Waals surface area (Å²) >= 11 is 0. The molecule has 0 rings (SSSR count). The van der Waals surface area contributed by atoms with E-state index < -0.39 is 5.97 Å². The fraction of sp³-hybridized carbons (Fsp3) is 0.913. The van der Waals surface area contributed by atoms with Crippen molar-refractivity contribution in [3.8, 4) is 0 Å². The van der Waals surface area contributed by atoms with Gasteiger partial charge in [-0.2, -0.15) is 0 Å². The molecule has 0 N–H and O–H groups in total. The van der Waals surface area contributed by atoms with Crippen LogP contribution in [-0.2, 0) is 14.3 Å². The van der Waals surface area contributed by atoms with Crippen molar-refractivity contribution >= 4 is 11.9 Å². The van der Waals surface area contributed by atoms with Crippen LogP contribution in [0.2, 0.25) is 0 Å². The molecule has 0 aliphatic heterocycles. The van der Waals surface area contributed by atoms with Crippen LogP contribution in [0.4, 0.5) is 0 Å². The van der Waals surface area contributed by atoms with Gasteiger partial charge < -0.3 is 4.74 Å². The highest BCUT2D eigenvalue weighted by molar-refractivity contribution is 5.83. The second kappa shape index (κ2) is 20.5. The summed E-state index contributed by atoms with van der Waals surface area (Å²) in [7, 11) is 0. The Hall–Kier alpha value is -0.860. The van der Waals surface area contributed by atoms with E-state index in [0.29, 0.717) is 6.42 Å². The first kappa shape index (κ1) is 25.1. The Morgan fingerprint density at radius 1 is 0.538 bits per heavy atom. The maximum absolute atomic E-state index is 11.2. The van der Waals surface area contributed by atoms with Crippen LogP contribution in [0.3, 0.4) is 0 Å². The molecule has 0 aliphatic carbocycles. The van der Waals surface area contributed by atoms with Crippen molar-refractivity contribution in [2.45, 2.75) is 136 Å². The maximum Gasteiger partial charge on any atom is 0.313 e. The molecule has 3 nitrogen and oxygen atoms in total. The lowest BCUT2D eigenvalue weighted by atomic mass is 10.0. The van der Waals surface area contributed by atoms with E-state index in [4.69, 9.17) is 0 Å². The van der Waals surface area contributed by atoms with Gasteiger partial charge in [-0.3, -0.25) is 9.59 Å². The number of carbonyl (C=O) groups excluding carboxylic acids is 2. The maximum atomic E-state index is 11.2. The Morgan fingerprint density at radius 2 is 0.846 bits per heavy atom. The molecule has 0 atom stereocenters. The van der Waals surface area contributed by atoms with Crippen LogP contribution in [-0.4, -0.2) is 11.9 Å². The zero-order chi connectivity index (χ0) is 19.3. The molecule has 0 aromatic carbocycles. The average molecular weight is 369 g/mol. The van der Waals surface area contributed by atoms with Crippen LogP contribution in [0, 0.1) is 0 Å². The van der Waals surface area contributed by atoms with Gasteiger partial charge in [0.05, 0.1) is 0 Å². The standard InChI is InChI=1S/C23H44O3/c1-3-4-5-6-7-8-9-10-11-12-13-14-15-16-17-18-19-20-21-23(25)26-22(2)24/h3-21H2,1-2H3. The molecule has 0 aromatic heterocycles. The van der Waals surface area contributed by atoms with Crippen molar-refractivity contribution in [2.75, 3.05) is 0 Å². The van der Waals surface area contributed by atoms with E-state index in [1.807, 2.05) is 0 Å². The molecule has 154 valence electrons. The van der Waals surface area contributed by atoms with Crippen LogP contribution in [0.15, 0.2) is 0 Å². The van der Waals surface area contributed by atoms with E-state index in [-0.39, 0.29) is 5.97 Å². The summed E-state index contributed by atoms with van der Waals surface area (Å²) in [5.74, 6) is -0.883. The highest BCUT2D eigenvalue weighted by Crippen LogP contribution is 2.14. The monoisotopic (exact) mass is 368 g/mol. The zero-order valence-corrected chi connectivity index (χ0v) is 17.7. The van der Waals surface area contributed by atoms with Crippen LogP contribution in [0.5, 0.6) is 0 Å². The second-order valence-electron chi connectivity index (χ2n) is 7.73.